The normalized spacial score (nSPS) is 13.4. The number of benzene rings is 11. The van der Waals surface area contributed by atoms with Crippen molar-refractivity contribution in [1.29, 1.82) is 0 Å². The van der Waals surface area contributed by atoms with Gasteiger partial charge in [0, 0.05) is 22.5 Å². The highest BCUT2D eigenvalue weighted by Gasteiger charge is 2.48. The third-order valence-electron chi connectivity index (χ3n) is 15.3. The van der Waals surface area contributed by atoms with Crippen LogP contribution in [0.2, 0.25) is 0 Å². The van der Waals surface area contributed by atoms with Crippen molar-refractivity contribution in [3.63, 3.8) is 0 Å². The summed E-state index contributed by atoms with van der Waals surface area (Å²) >= 11 is 0. The summed E-state index contributed by atoms with van der Waals surface area (Å²) in [6.45, 7) is 4.76. The molecule has 0 fully saturated rings. The number of anilines is 3. The van der Waals surface area contributed by atoms with Crippen molar-refractivity contribution in [3.05, 3.63) is 284 Å². The van der Waals surface area contributed by atoms with E-state index in [2.05, 4.69) is 292 Å². The van der Waals surface area contributed by atoms with Crippen molar-refractivity contribution >= 4 is 45.9 Å². The van der Waals surface area contributed by atoms with Gasteiger partial charge in [0.25, 0.3) is 0 Å². The SMILES string of the molecule is CC1(C)c2cc(-c3ccc(N(c4cc(-c5ccccc5)cc(-c5ccccc5)c4)c4cccc([Si]5(c6ccccc6)c6ccccc6-c6ccccc65)c4)cc3)ccc2-c2c(-c3ccccc3)cccc21. The molecule has 1 aliphatic carbocycles. The molecule has 11 aromatic rings. The molecule has 1 heterocycles. The van der Waals surface area contributed by atoms with Crippen molar-refractivity contribution < 1.29 is 0 Å². The molecular weight excluding hydrogens is 871 g/mol. The van der Waals surface area contributed by atoms with Crippen LogP contribution in [-0.2, 0) is 5.41 Å². The Morgan fingerprint density at radius 2 is 0.775 bits per heavy atom. The summed E-state index contributed by atoms with van der Waals surface area (Å²) in [5, 5.41) is 5.63. The molecule has 2 heteroatoms. The lowest BCUT2D eigenvalue weighted by molar-refractivity contribution is 0.660. The lowest BCUT2D eigenvalue weighted by atomic mass is 9.81. The fourth-order valence-corrected chi connectivity index (χ4v) is 17.2. The van der Waals surface area contributed by atoms with Gasteiger partial charge in [-0.2, -0.15) is 0 Å². The van der Waals surface area contributed by atoms with Gasteiger partial charge < -0.3 is 4.90 Å². The molecule has 0 N–H and O–H groups in total. The fraction of sp³-hybridized carbons (Fsp3) is 0.0435. The van der Waals surface area contributed by atoms with Gasteiger partial charge in [-0.25, -0.2) is 0 Å². The second kappa shape index (κ2) is 17.1. The molecule has 0 aromatic heterocycles. The number of rotatable bonds is 9. The van der Waals surface area contributed by atoms with E-state index in [-0.39, 0.29) is 5.41 Å². The molecule has 0 radical (unpaired) electrons. The van der Waals surface area contributed by atoms with E-state index >= 15 is 0 Å². The third-order valence-corrected chi connectivity index (χ3v) is 20.2. The molecule has 336 valence electrons. The predicted molar refractivity (Wildman–Crippen MR) is 303 cm³/mol. The maximum absolute atomic E-state index is 2.78. The van der Waals surface area contributed by atoms with Crippen LogP contribution in [0.4, 0.5) is 17.1 Å². The number of fused-ring (bicyclic) bond motifs is 6. The Bertz CT molecular complexity index is 3660. The minimum absolute atomic E-state index is 0.145. The topological polar surface area (TPSA) is 3.24 Å². The van der Waals surface area contributed by atoms with E-state index < -0.39 is 8.07 Å². The van der Waals surface area contributed by atoms with Crippen LogP contribution in [0.1, 0.15) is 25.0 Å². The Morgan fingerprint density at radius 1 is 0.282 bits per heavy atom. The van der Waals surface area contributed by atoms with Crippen LogP contribution in [0.3, 0.4) is 0 Å². The molecule has 1 aliphatic heterocycles. The molecule has 13 rings (SSSR count). The quantitative estimate of drug-likeness (QED) is 0.130. The molecule has 0 saturated carbocycles. The van der Waals surface area contributed by atoms with Crippen molar-refractivity contribution in [3.8, 4) is 66.8 Å². The number of hydrogen-bond donors (Lipinski definition) is 0. The minimum atomic E-state index is -2.78. The summed E-state index contributed by atoms with van der Waals surface area (Å²) in [6, 6.07) is 102. The highest BCUT2D eigenvalue weighted by molar-refractivity contribution is 7.22. The van der Waals surface area contributed by atoms with Crippen LogP contribution in [0.15, 0.2) is 273 Å². The molecule has 0 amide bonds. The minimum Gasteiger partial charge on any atom is -0.310 e. The van der Waals surface area contributed by atoms with Gasteiger partial charge in [-0.05, 0) is 147 Å². The van der Waals surface area contributed by atoms with E-state index in [0.29, 0.717) is 0 Å². The molecule has 1 nitrogen and oxygen atoms in total. The molecule has 71 heavy (non-hydrogen) atoms. The van der Waals surface area contributed by atoms with Crippen molar-refractivity contribution in [1.82, 2.24) is 0 Å². The van der Waals surface area contributed by atoms with Crippen molar-refractivity contribution in [2.45, 2.75) is 19.3 Å². The van der Waals surface area contributed by atoms with Gasteiger partial charge in [0.2, 0.25) is 0 Å². The van der Waals surface area contributed by atoms with E-state index in [1.807, 2.05) is 0 Å². The third kappa shape index (κ3) is 6.97. The second-order valence-corrected chi connectivity index (χ2v) is 23.4. The van der Waals surface area contributed by atoms with Crippen LogP contribution in [0.25, 0.3) is 66.8 Å². The monoisotopic (exact) mass is 921 g/mol. The first kappa shape index (κ1) is 42.5. The maximum Gasteiger partial charge on any atom is 0.180 e. The van der Waals surface area contributed by atoms with E-state index in [1.165, 1.54) is 98.6 Å². The second-order valence-electron chi connectivity index (χ2n) is 19.6. The largest absolute Gasteiger partial charge is 0.310 e. The van der Waals surface area contributed by atoms with Gasteiger partial charge in [-0.15, -0.1) is 0 Å². The summed E-state index contributed by atoms with van der Waals surface area (Å²) < 4.78 is 0. The first-order valence-electron chi connectivity index (χ1n) is 24.8. The summed E-state index contributed by atoms with van der Waals surface area (Å²) in [5.74, 6) is 0. The van der Waals surface area contributed by atoms with E-state index in [9.17, 15) is 0 Å². The molecule has 11 aromatic carbocycles. The van der Waals surface area contributed by atoms with Gasteiger partial charge in [-0.1, -0.05) is 238 Å². The summed E-state index contributed by atoms with van der Waals surface area (Å²) in [4.78, 5) is 2.49. The van der Waals surface area contributed by atoms with Crippen LogP contribution >= 0.6 is 0 Å². The average molecular weight is 922 g/mol. The molecular formula is C69H51NSi. The highest BCUT2D eigenvalue weighted by atomic mass is 28.3. The van der Waals surface area contributed by atoms with Crippen molar-refractivity contribution in [2.75, 3.05) is 4.90 Å². The molecule has 0 spiro atoms. The van der Waals surface area contributed by atoms with Crippen LogP contribution < -0.4 is 25.6 Å². The molecule has 0 unspecified atom stereocenters. The Kier molecular flexibility index (Phi) is 10.3. The zero-order valence-corrected chi connectivity index (χ0v) is 40.9. The van der Waals surface area contributed by atoms with Gasteiger partial charge >= 0.3 is 0 Å². The molecule has 0 atom stereocenters. The summed E-state index contributed by atoms with van der Waals surface area (Å²) in [5.41, 5.74) is 21.0. The smallest absolute Gasteiger partial charge is 0.180 e. The number of hydrogen-bond acceptors (Lipinski definition) is 1. The van der Waals surface area contributed by atoms with E-state index in [0.717, 1.165) is 17.1 Å². The predicted octanol–water partition coefficient (Wildman–Crippen LogP) is 15.5. The average Bonchev–Trinajstić information content (AvgIpc) is 3.87. The lowest BCUT2D eigenvalue weighted by Gasteiger charge is -2.33. The van der Waals surface area contributed by atoms with Gasteiger partial charge in [-0.3, -0.25) is 0 Å². The van der Waals surface area contributed by atoms with E-state index in [4.69, 9.17) is 0 Å². The van der Waals surface area contributed by atoms with Crippen LogP contribution in [0, 0.1) is 0 Å². The Labute approximate surface area is 418 Å². The first-order chi connectivity index (χ1) is 35.0. The zero-order chi connectivity index (χ0) is 47.5. The Hall–Kier alpha value is -8.56. The van der Waals surface area contributed by atoms with Crippen LogP contribution in [-0.4, -0.2) is 8.07 Å². The molecule has 2 aliphatic rings. The highest BCUT2D eigenvalue weighted by Crippen LogP contribution is 2.53. The zero-order valence-electron chi connectivity index (χ0n) is 39.9. The van der Waals surface area contributed by atoms with Crippen molar-refractivity contribution in [2.24, 2.45) is 0 Å². The standard InChI is InChI=1S/C69H51NSi/c1-69(2)64-34-20-33-60(51-25-11-5-12-26-51)68(64)63-42-39-52(46-65(63)69)50-37-40-55(41-38-50)70(57-44-53(48-21-7-3-8-22-48)43-54(45-57)49-23-9-4-10-24-49)56-27-19-30-59(47-56)71(58-28-13-6-14-29-58)66-35-17-15-31-61(66)62-32-16-18-36-67(62)71/h3-47H,1-2H3. The van der Waals surface area contributed by atoms with E-state index in [1.54, 1.807) is 0 Å². The fourth-order valence-electron chi connectivity index (χ4n) is 12.0. The Morgan fingerprint density at radius 3 is 1.39 bits per heavy atom. The lowest BCUT2D eigenvalue weighted by Crippen LogP contribution is -2.72. The molecule has 0 bridgehead atoms. The number of nitrogens with zero attached hydrogens (tertiary/aromatic N) is 1. The first-order valence-corrected chi connectivity index (χ1v) is 26.8. The van der Waals surface area contributed by atoms with Crippen LogP contribution in [0.5, 0.6) is 0 Å². The Balaban J connectivity index is 0.987. The van der Waals surface area contributed by atoms with Gasteiger partial charge in [0.1, 0.15) is 0 Å². The van der Waals surface area contributed by atoms with Gasteiger partial charge in [0.05, 0.1) is 0 Å². The summed E-state index contributed by atoms with van der Waals surface area (Å²) in [6.07, 6.45) is 0. The maximum atomic E-state index is 2.51. The molecule has 0 saturated heterocycles. The summed E-state index contributed by atoms with van der Waals surface area (Å²) in [7, 11) is -2.78. The van der Waals surface area contributed by atoms with Gasteiger partial charge in [0.15, 0.2) is 8.07 Å².